The van der Waals surface area contributed by atoms with E-state index in [4.69, 9.17) is 46.3 Å². The number of alkyl halides is 1. The number of halogens is 1. The first kappa shape index (κ1) is 31.2. The number of nitrogens with one attached hydrogen (secondary N) is 1. The van der Waals surface area contributed by atoms with Crippen LogP contribution in [0.4, 0.5) is 16.2 Å². The number of hydrogen-bond acceptors (Lipinski definition) is 17. The van der Waals surface area contributed by atoms with Gasteiger partial charge >= 0.3 is 13.9 Å². The Balaban J connectivity index is 1.20. The summed E-state index contributed by atoms with van der Waals surface area (Å²) < 4.78 is 57.9. The standard InChI is InChI=1S/C19H22FN11O9P2S2/c20-9-12(39-41(34)43)8(38-18(9)31-14-10(28-29-31)13(21)23-4-24-14)3-36-42(35,44)40-7-1-6(2-32)37-17(7)30-5-25-11-15(30)26-19(22)27-16(11)33/h4-9,12,17-18,32H,1-3H2,(H6-,21,22,23,24,26,27,29,33,34,35,43,44)/p+1/t6-,7+,8?,9-,12+,17+,18+,42?/m0/s1. The van der Waals surface area contributed by atoms with Crippen LogP contribution >= 0.6 is 26.2 Å². The minimum atomic E-state index is -4.15. The number of fused-ring (bicyclic) bond motifs is 2. The molecule has 25 heteroatoms. The maximum Gasteiger partial charge on any atom is 0.582 e. The fourth-order valence-electron chi connectivity index (χ4n) is 4.88. The van der Waals surface area contributed by atoms with Crippen molar-refractivity contribution >= 4 is 72.1 Å². The molecule has 0 spiro atoms. The number of aliphatic hydroxyl groups is 1. The number of aromatic nitrogens is 9. The maximum atomic E-state index is 15.6. The molecule has 4 aromatic heterocycles. The van der Waals surface area contributed by atoms with Gasteiger partial charge in [-0.15, -0.1) is 9.62 Å². The SMILES string of the molecule is Nc1nc2c(ncn2[C@@H]2O[C@H](CO)C[C@H]2OP(O)(=S)OCC2O[C@@H](n3nnc4c(N)ncnc43)[C@@H](F)[C@@H]2O[P+](=O)S)c(=O)[nH]1. The van der Waals surface area contributed by atoms with Crippen molar-refractivity contribution in [1.82, 2.24) is 44.5 Å². The van der Waals surface area contributed by atoms with E-state index in [1.54, 1.807) is 0 Å². The normalized spacial score (nSPS) is 29.0. The van der Waals surface area contributed by atoms with Crippen LogP contribution in [-0.4, -0.2) is 98.3 Å². The highest BCUT2D eigenvalue weighted by atomic mass is 32.7. The number of thiol groups is 1. The van der Waals surface area contributed by atoms with Crippen molar-refractivity contribution < 1.29 is 42.0 Å². The number of nitrogens with two attached hydrogens (primary N) is 2. The van der Waals surface area contributed by atoms with Gasteiger partial charge in [0, 0.05) is 6.42 Å². The van der Waals surface area contributed by atoms with E-state index >= 15 is 4.39 Å². The summed E-state index contributed by atoms with van der Waals surface area (Å²) in [4.78, 5) is 41.5. The lowest BCUT2D eigenvalue weighted by molar-refractivity contribution is -0.0560. The van der Waals surface area contributed by atoms with Gasteiger partial charge in [-0.3, -0.25) is 14.3 Å². The zero-order valence-corrected chi connectivity index (χ0v) is 25.4. The van der Waals surface area contributed by atoms with Gasteiger partial charge < -0.3 is 40.0 Å². The zero-order valence-electron chi connectivity index (χ0n) is 21.9. The molecule has 6 rings (SSSR count). The molecular formula is C19H23FN11O9P2S2+. The van der Waals surface area contributed by atoms with Crippen LogP contribution in [0.2, 0.25) is 0 Å². The van der Waals surface area contributed by atoms with Gasteiger partial charge in [0.25, 0.3) is 5.56 Å². The van der Waals surface area contributed by atoms with E-state index in [0.29, 0.717) is 0 Å². The van der Waals surface area contributed by atoms with Gasteiger partial charge in [0.05, 0.1) is 25.6 Å². The van der Waals surface area contributed by atoms with Crippen LogP contribution in [0.1, 0.15) is 18.9 Å². The molecule has 2 fully saturated rings. The van der Waals surface area contributed by atoms with Crippen molar-refractivity contribution in [3.05, 3.63) is 23.0 Å². The Morgan fingerprint density at radius 1 is 1.25 bits per heavy atom. The lowest BCUT2D eigenvalue weighted by Gasteiger charge is -2.25. The molecule has 7 N–H and O–H groups in total. The summed E-state index contributed by atoms with van der Waals surface area (Å²) in [6, 6.07) is 0. The van der Waals surface area contributed by atoms with E-state index in [1.165, 1.54) is 10.9 Å². The second-order valence-corrected chi connectivity index (χ2v) is 14.0. The molecule has 0 radical (unpaired) electrons. The Morgan fingerprint density at radius 2 is 2.05 bits per heavy atom. The lowest BCUT2D eigenvalue weighted by atomic mass is 10.1. The number of aliphatic hydroxyl groups excluding tert-OH is 1. The first-order valence-corrected chi connectivity index (χ1v) is 17.5. The van der Waals surface area contributed by atoms with Gasteiger partial charge in [-0.2, -0.15) is 9.67 Å². The first-order chi connectivity index (χ1) is 21.0. The van der Waals surface area contributed by atoms with Gasteiger partial charge in [0.1, 0.15) is 30.8 Å². The summed E-state index contributed by atoms with van der Waals surface area (Å²) in [5, 5.41) is 17.4. The smallest absolute Gasteiger partial charge is 0.394 e. The number of hydrogen-bond donors (Lipinski definition) is 6. The van der Waals surface area contributed by atoms with Crippen molar-refractivity contribution in [3.63, 3.8) is 0 Å². The van der Waals surface area contributed by atoms with E-state index in [2.05, 4.69) is 47.5 Å². The Kier molecular flexibility index (Phi) is 8.63. The van der Waals surface area contributed by atoms with Gasteiger partial charge in [0.15, 0.2) is 52.9 Å². The van der Waals surface area contributed by atoms with E-state index in [9.17, 15) is 19.4 Å². The molecule has 0 aromatic carbocycles. The topological polar surface area (TPSA) is 276 Å². The number of nitrogens with zero attached hydrogens (tertiary/aromatic N) is 8. The summed E-state index contributed by atoms with van der Waals surface area (Å²) in [6.45, 7) is -5.14. The monoisotopic (exact) mass is 694 g/mol. The van der Waals surface area contributed by atoms with Crippen molar-refractivity contribution in [2.24, 2.45) is 0 Å². The molecule has 2 saturated heterocycles. The summed E-state index contributed by atoms with van der Waals surface area (Å²) in [5.41, 5.74) is 11.1. The third kappa shape index (κ3) is 5.93. The van der Waals surface area contributed by atoms with Crippen LogP contribution < -0.4 is 17.0 Å². The number of aromatic amines is 1. The van der Waals surface area contributed by atoms with Crippen molar-refractivity contribution in [3.8, 4) is 0 Å². The Bertz CT molecular complexity index is 1830. The number of rotatable bonds is 10. The third-order valence-electron chi connectivity index (χ3n) is 6.75. The van der Waals surface area contributed by atoms with Crippen LogP contribution in [-0.2, 0) is 39.4 Å². The summed E-state index contributed by atoms with van der Waals surface area (Å²) in [6.07, 6.45) is -6.67. The average Bonchev–Trinajstić information content (AvgIpc) is 3.73. The van der Waals surface area contributed by atoms with Gasteiger partial charge in [-0.05, 0) is 16.4 Å². The highest BCUT2D eigenvalue weighted by Gasteiger charge is 2.52. The average molecular weight is 695 g/mol. The highest BCUT2D eigenvalue weighted by Crippen LogP contribution is 2.51. The van der Waals surface area contributed by atoms with E-state index in [0.717, 1.165) is 11.0 Å². The maximum absolute atomic E-state index is 15.6. The van der Waals surface area contributed by atoms with Crippen LogP contribution in [0.5, 0.6) is 0 Å². The molecular weight excluding hydrogens is 671 g/mol. The molecule has 9 atom stereocenters. The first-order valence-electron chi connectivity index (χ1n) is 12.5. The lowest BCUT2D eigenvalue weighted by Crippen LogP contribution is -2.33. The molecule has 3 unspecified atom stereocenters. The minimum absolute atomic E-state index is 0.00581. The van der Waals surface area contributed by atoms with Crippen molar-refractivity contribution in [1.29, 1.82) is 0 Å². The zero-order chi connectivity index (χ0) is 31.3. The summed E-state index contributed by atoms with van der Waals surface area (Å²) in [5.74, 6) is -0.170. The van der Waals surface area contributed by atoms with Crippen molar-refractivity contribution in [2.75, 3.05) is 24.7 Å². The molecule has 236 valence electrons. The fourth-order valence-corrected chi connectivity index (χ4v) is 7.11. The van der Waals surface area contributed by atoms with Gasteiger partial charge in [0.2, 0.25) is 5.95 Å². The van der Waals surface area contributed by atoms with Gasteiger partial charge in [-0.25, -0.2) is 19.3 Å². The molecule has 20 nitrogen and oxygen atoms in total. The highest BCUT2D eigenvalue weighted by molar-refractivity contribution is 8.39. The quantitative estimate of drug-likeness (QED) is 0.0912. The molecule has 44 heavy (non-hydrogen) atoms. The Hall–Kier alpha value is -2.82. The van der Waals surface area contributed by atoms with E-state index < -0.39 is 75.8 Å². The van der Waals surface area contributed by atoms with E-state index in [1.807, 2.05) is 0 Å². The van der Waals surface area contributed by atoms with Crippen LogP contribution in [0.3, 0.4) is 0 Å². The second-order valence-electron chi connectivity index (χ2n) is 9.53. The minimum Gasteiger partial charge on any atom is -0.394 e. The summed E-state index contributed by atoms with van der Waals surface area (Å²) >= 11 is 8.94. The largest absolute Gasteiger partial charge is 0.582 e. The Labute approximate surface area is 255 Å². The predicted octanol–water partition coefficient (Wildman–Crippen LogP) is -0.375. The molecule has 0 bridgehead atoms. The van der Waals surface area contributed by atoms with Gasteiger partial charge in [-0.1, -0.05) is 5.21 Å². The fraction of sp³-hybridized carbons (Fsp3) is 0.526. The number of nitrogen functional groups attached to an aromatic ring is 2. The number of anilines is 2. The van der Waals surface area contributed by atoms with Crippen LogP contribution in [0.15, 0.2) is 17.4 Å². The number of ether oxygens (including phenoxy) is 2. The molecule has 4 aromatic rings. The Morgan fingerprint density at radius 3 is 2.80 bits per heavy atom. The predicted molar refractivity (Wildman–Crippen MR) is 153 cm³/mol. The molecule has 0 saturated carbocycles. The number of imidazole rings is 1. The molecule has 2 aliphatic heterocycles. The number of H-pyrrole nitrogens is 1. The molecule has 6 heterocycles. The third-order valence-corrected chi connectivity index (χ3v) is 9.05. The summed E-state index contributed by atoms with van der Waals surface area (Å²) in [7, 11) is -2.61. The molecule has 0 aliphatic carbocycles. The van der Waals surface area contributed by atoms with E-state index in [-0.39, 0.29) is 40.5 Å². The molecule has 2 aliphatic rings. The van der Waals surface area contributed by atoms with Crippen LogP contribution in [0.25, 0.3) is 22.3 Å². The second kappa shape index (κ2) is 12.2. The van der Waals surface area contributed by atoms with Crippen LogP contribution in [0, 0.1) is 0 Å². The van der Waals surface area contributed by atoms with Crippen molar-refractivity contribution in [2.45, 2.75) is 49.5 Å². The molecule has 0 amide bonds.